The van der Waals surface area contributed by atoms with Crippen LogP contribution in [0.4, 0.5) is 13.2 Å². The van der Waals surface area contributed by atoms with Gasteiger partial charge in [0.05, 0.1) is 6.04 Å². The molecule has 1 aromatic rings. The molecular formula is C8H8F3N. The van der Waals surface area contributed by atoms with Crippen LogP contribution in [-0.4, -0.2) is 6.67 Å². The molecule has 0 saturated carbocycles. The van der Waals surface area contributed by atoms with E-state index in [1.165, 1.54) is 6.07 Å². The van der Waals surface area contributed by atoms with Crippen molar-refractivity contribution in [2.75, 3.05) is 6.67 Å². The highest BCUT2D eigenvalue weighted by Crippen LogP contribution is 2.18. The van der Waals surface area contributed by atoms with Gasteiger partial charge in [0, 0.05) is 5.56 Å². The summed E-state index contributed by atoms with van der Waals surface area (Å²) in [6, 6.07) is 2.09. The van der Waals surface area contributed by atoms with Gasteiger partial charge >= 0.3 is 0 Å². The zero-order valence-corrected chi connectivity index (χ0v) is 6.23. The summed E-state index contributed by atoms with van der Waals surface area (Å²) in [4.78, 5) is 0. The molecule has 4 heteroatoms. The van der Waals surface area contributed by atoms with Gasteiger partial charge in [-0.15, -0.1) is 0 Å². The van der Waals surface area contributed by atoms with Gasteiger partial charge in [-0.25, -0.2) is 13.2 Å². The maximum Gasteiger partial charge on any atom is 0.131 e. The van der Waals surface area contributed by atoms with E-state index in [-0.39, 0.29) is 5.56 Å². The van der Waals surface area contributed by atoms with Gasteiger partial charge in [0.2, 0.25) is 0 Å². The Morgan fingerprint density at radius 3 is 2.17 bits per heavy atom. The molecule has 0 fully saturated rings. The summed E-state index contributed by atoms with van der Waals surface area (Å²) in [6.45, 7) is -0.974. The molecule has 66 valence electrons. The first-order valence-electron chi connectivity index (χ1n) is 3.42. The first kappa shape index (κ1) is 9.06. The monoisotopic (exact) mass is 175 g/mol. The molecule has 1 rings (SSSR count). The average molecular weight is 175 g/mol. The number of rotatable bonds is 2. The van der Waals surface area contributed by atoms with Gasteiger partial charge in [0.1, 0.15) is 18.3 Å². The third-order valence-electron chi connectivity index (χ3n) is 1.54. The fraction of sp³-hybridized carbons (Fsp3) is 0.250. The minimum Gasteiger partial charge on any atom is -0.322 e. The van der Waals surface area contributed by atoms with Crippen LogP contribution in [0.25, 0.3) is 0 Å². The van der Waals surface area contributed by atoms with E-state index in [0.717, 1.165) is 12.1 Å². The fourth-order valence-electron chi connectivity index (χ4n) is 0.942. The van der Waals surface area contributed by atoms with Gasteiger partial charge < -0.3 is 5.73 Å². The molecule has 0 aliphatic heterocycles. The Labute approximate surface area is 68.0 Å². The molecule has 0 saturated heterocycles. The molecule has 1 atom stereocenters. The van der Waals surface area contributed by atoms with Gasteiger partial charge in [-0.05, 0) is 12.1 Å². The van der Waals surface area contributed by atoms with Gasteiger partial charge in [0.25, 0.3) is 0 Å². The van der Waals surface area contributed by atoms with Crippen molar-refractivity contribution in [3.05, 3.63) is 35.4 Å². The topological polar surface area (TPSA) is 26.0 Å². The van der Waals surface area contributed by atoms with Gasteiger partial charge in [-0.2, -0.15) is 0 Å². The first-order valence-corrected chi connectivity index (χ1v) is 3.42. The van der Waals surface area contributed by atoms with Gasteiger partial charge in [0.15, 0.2) is 0 Å². The lowest BCUT2D eigenvalue weighted by atomic mass is 10.1. The molecule has 0 aliphatic rings. The minimum absolute atomic E-state index is 0.389. The molecule has 0 bridgehead atoms. The number of nitrogens with two attached hydrogens (primary N) is 1. The van der Waals surface area contributed by atoms with Crippen LogP contribution < -0.4 is 5.73 Å². The summed E-state index contributed by atoms with van der Waals surface area (Å²) < 4.78 is 37.6. The Morgan fingerprint density at radius 1 is 1.25 bits per heavy atom. The molecule has 0 aromatic heterocycles. The molecule has 0 radical (unpaired) electrons. The maximum absolute atomic E-state index is 12.8. The number of alkyl halides is 1. The molecule has 1 nitrogen and oxygen atoms in total. The van der Waals surface area contributed by atoms with Crippen molar-refractivity contribution in [2.24, 2.45) is 5.73 Å². The average Bonchev–Trinajstić information content (AvgIpc) is 2.03. The summed E-state index contributed by atoms with van der Waals surface area (Å²) in [7, 11) is 0. The van der Waals surface area contributed by atoms with E-state index in [9.17, 15) is 13.2 Å². The van der Waals surface area contributed by atoms with Gasteiger partial charge in [-0.1, -0.05) is 6.07 Å². The Morgan fingerprint density at radius 2 is 1.75 bits per heavy atom. The highest BCUT2D eigenvalue weighted by atomic mass is 19.1. The second-order valence-electron chi connectivity index (χ2n) is 2.40. The molecule has 0 amide bonds. The van der Waals surface area contributed by atoms with Crippen LogP contribution in [0, 0.1) is 11.6 Å². The zero-order chi connectivity index (χ0) is 9.14. The third-order valence-corrected chi connectivity index (χ3v) is 1.54. The molecule has 0 unspecified atom stereocenters. The number of halogens is 3. The van der Waals surface area contributed by atoms with Crippen LogP contribution in [0.5, 0.6) is 0 Å². The van der Waals surface area contributed by atoms with Crippen LogP contribution in [-0.2, 0) is 0 Å². The van der Waals surface area contributed by atoms with Crippen LogP contribution in [0.15, 0.2) is 18.2 Å². The van der Waals surface area contributed by atoms with Crippen molar-refractivity contribution < 1.29 is 13.2 Å². The SMILES string of the molecule is N[C@H](CF)c1c(F)cccc1F. The van der Waals surface area contributed by atoms with Crippen LogP contribution in [0.1, 0.15) is 11.6 Å². The van der Waals surface area contributed by atoms with Crippen LogP contribution in [0.3, 0.4) is 0 Å². The summed E-state index contributed by atoms with van der Waals surface area (Å²) >= 11 is 0. The number of hydrogen-bond donors (Lipinski definition) is 1. The van der Waals surface area contributed by atoms with E-state index < -0.39 is 24.4 Å². The van der Waals surface area contributed by atoms with Crippen molar-refractivity contribution >= 4 is 0 Å². The number of benzene rings is 1. The molecular weight excluding hydrogens is 167 g/mol. The fourth-order valence-corrected chi connectivity index (χ4v) is 0.942. The van der Waals surface area contributed by atoms with Crippen LogP contribution in [0.2, 0.25) is 0 Å². The summed E-state index contributed by atoms with van der Waals surface area (Å²) in [5.74, 6) is -1.61. The molecule has 12 heavy (non-hydrogen) atoms. The predicted molar refractivity (Wildman–Crippen MR) is 39.3 cm³/mol. The standard InChI is InChI=1S/C8H8F3N/c9-4-7(12)8-5(10)2-1-3-6(8)11/h1-3,7H,4,12H2/t7-/m1/s1. The minimum atomic E-state index is -1.22. The second kappa shape index (κ2) is 3.58. The van der Waals surface area contributed by atoms with E-state index in [2.05, 4.69) is 0 Å². The lowest BCUT2D eigenvalue weighted by molar-refractivity contribution is 0.413. The lowest BCUT2D eigenvalue weighted by Gasteiger charge is -2.08. The Balaban J connectivity index is 3.12. The highest BCUT2D eigenvalue weighted by molar-refractivity contribution is 5.22. The van der Waals surface area contributed by atoms with Gasteiger partial charge in [-0.3, -0.25) is 0 Å². The van der Waals surface area contributed by atoms with E-state index in [1.807, 2.05) is 0 Å². The van der Waals surface area contributed by atoms with E-state index in [4.69, 9.17) is 5.73 Å². The van der Waals surface area contributed by atoms with Crippen molar-refractivity contribution in [1.82, 2.24) is 0 Å². The lowest BCUT2D eigenvalue weighted by Crippen LogP contribution is -2.15. The summed E-state index contributed by atoms with van der Waals surface area (Å²) in [5, 5.41) is 0. The number of hydrogen-bond acceptors (Lipinski definition) is 1. The smallest absolute Gasteiger partial charge is 0.131 e. The second-order valence-corrected chi connectivity index (χ2v) is 2.40. The Hall–Kier alpha value is -1.03. The molecule has 2 N–H and O–H groups in total. The molecule has 0 spiro atoms. The van der Waals surface area contributed by atoms with Crippen molar-refractivity contribution in [3.63, 3.8) is 0 Å². The molecule has 0 aliphatic carbocycles. The predicted octanol–water partition coefficient (Wildman–Crippen LogP) is 1.93. The normalized spacial score (nSPS) is 13.0. The molecule has 0 heterocycles. The van der Waals surface area contributed by atoms with Crippen LogP contribution >= 0.6 is 0 Å². The summed E-state index contributed by atoms with van der Waals surface area (Å²) in [5.41, 5.74) is 4.75. The summed E-state index contributed by atoms with van der Waals surface area (Å²) in [6.07, 6.45) is 0. The van der Waals surface area contributed by atoms with E-state index >= 15 is 0 Å². The van der Waals surface area contributed by atoms with Crippen molar-refractivity contribution in [2.45, 2.75) is 6.04 Å². The molecule has 1 aromatic carbocycles. The third kappa shape index (κ3) is 1.58. The van der Waals surface area contributed by atoms with E-state index in [1.54, 1.807) is 0 Å². The van der Waals surface area contributed by atoms with Crippen molar-refractivity contribution in [1.29, 1.82) is 0 Å². The van der Waals surface area contributed by atoms with E-state index in [0.29, 0.717) is 0 Å². The maximum atomic E-state index is 12.8. The quantitative estimate of drug-likeness (QED) is 0.730. The Bertz CT molecular complexity index is 255. The highest BCUT2D eigenvalue weighted by Gasteiger charge is 2.15. The Kier molecular flexibility index (Phi) is 2.70. The zero-order valence-electron chi connectivity index (χ0n) is 6.23. The van der Waals surface area contributed by atoms with Crippen molar-refractivity contribution in [3.8, 4) is 0 Å². The first-order chi connectivity index (χ1) is 5.66. The largest absolute Gasteiger partial charge is 0.322 e.